The third kappa shape index (κ3) is 3.67. The lowest BCUT2D eigenvalue weighted by Gasteiger charge is -2.42. The predicted octanol–water partition coefficient (Wildman–Crippen LogP) is 4.73. The van der Waals surface area contributed by atoms with E-state index in [0.29, 0.717) is 19.4 Å². The maximum absolute atomic E-state index is 13.9. The van der Waals surface area contributed by atoms with Gasteiger partial charge in [-0.3, -0.25) is 14.6 Å². The van der Waals surface area contributed by atoms with Crippen LogP contribution in [0.4, 0.5) is 4.79 Å². The number of hydrogen-bond donors (Lipinski definition) is 0. The van der Waals surface area contributed by atoms with E-state index < -0.39 is 5.54 Å². The Bertz CT molecular complexity index is 1200. The zero-order valence-electron chi connectivity index (χ0n) is 20.2. The van der Waals surface area contributed by atoms with Crippen LogP contribution in [0.5, 0.6) is 0 Å². The molecule has 2 aliphatic heterocycles. The monoisotopic (exact) mass is 469 g/mol. The predicted molar refractivity (Wildman–Crippen MR) is 134 cm³/mol. The molecule has 0 radical (unpaired) electrons. The Balaban J connectivity index is 1.14. The van der Waals surface area contributed by atoms with Crippen LogP contribution in [0.15, 0.2) is 71.3 Å². The van der Waals surface area contributed by atoms with Crippen LogP contribution in [-0.2, 0) is 24.2 Å². The minimum Gasteiger partial charge on any atom is -0.464 e. The number of carbonyl (C=O) groups is 2. The smallest absolute Gasteiger partial charge is 0.327 e. The summed E-state index contributed by atoms with van der Waals surface area (Å²) in [6.07, 6.45) is 4.59. The van der Waals surface area contributed by atoms with Crippen molar-refractivity contribution in [1.82, 2.24) is 14.7 Å². The summed E-state index contributed by atoms with van der Waals surface area (Å²) in [6, 6.07) is 20.5. The second-order valence-corrected chi connectivity index (χ2v) is 10.0. The molecule has 6 rings (SSSR count). The van der Waals surface area contributed by atoms with Crippen molar-refractivity contribution in [1.29, 1.82) is 0 Å². The zero-order valence-corrected chi connectivity index (χ0v) is 20.2. The number of likely N-dealkylation sites (N-methyl/N-ethyl adjacent to an activating group) is 1. The van der Waals surface area contributed by atoms with E-state index in [1.54, 1.807) is 11.2 Å². The summed E-state index contributed by atoms with van der Waals surface area (Å²) in [4.78, 5) is 33.2. The first-order chi connectivity index (χ1) is 17.1. The topological polar surface area (TPSA) is 57.0 Å². The summed E-state index contributed by atoms with van der Waals surface area (Å²) in [5.41, 5.74) is 4.13. The number of carbonyl (C=O) groups excluding carboxylic acids is 2. The minimum absolute atomic E-state index is 0.0182. The number of imide groups is 1. The largest absolute Gasteiger partial charge is 0.464 e. The van der Waals surface area contributed by atoms with Crippen LogP contribution in [-0.4, -0.2) is 57.9 Å². The number of nitrogens with zero attached hydrogens (tertiary/aromatic N) is 3. The first-order valence-electron chi connectivity index (χ1n) is 12.7. The Kier molecular flexibility index (Phi) is 5.49. The van der Waals surface area contributed by atoms with Crippen molar-refractivity contribution in [3.8, 4) is 11.3 Å². The number of likely N-dealkylation sites (tertiary alicyclic amines) is 1. The Hall–Kier alpha value is -3.38. The van der Waals surface area contributed by atoms with Crippen LogP contribution in [0.2, 0.25) is 0 Å². The van der Waals surface area contributed by atoms with Gasteiger partial charge in [0.05, 0.1) is 6.26 Å². The molecule has 180 valence electrons. The fraction of sp³-hybridized carbons (Fsp3) is 0.379. The minimum atomic E-state index is -0.694. The molecule has 0 atom stereocenters. The van der Waals surface area contributed by atoms with Gasteiger partial charge in [-0.15, -0.1) is 0 Å². The van der Waals surface area contributed by atoms with Gasteiger partial charge in [0, 0.05) is 37.8 Å². The van der Waals surface area contributed by atoms with Crippen molar-refractivity contribution < 1.29 is 14.0 Å². The normalized spacial score (nSPS) is 20.3. The molecule has 1 aromatic heterocycles. The highest BCUT2D eigenvalue weighted by molar-refractivity contribution is 6.07. The standard InChI is InChI=1S/C29H31N3O3/c1-2-31-28(34)32(25-18-23-6-3-4-7-24(23)19-25)27(33)29(31)13-15-30(16-14-29)20-21-9-11-22(12-10-21)26-8-5-17-35-26/h3-12,17,25H,2,13-16,18-20H2,1H3. The second kappa shape index (κ2) is 8.68. The molecule has 2 fully saturated rings. The van der Waals surface area contributed by atoms with E-state index in [4.69, 9.17) is 4.42 Å². The van der Waals surface area contributed by atoms with Crippen LogP contribution in [0, 0.1) is 0 Å². The highest BCUT2D eigenvalue weighted by Crippen LogP contribution is 2.40. The number of fused-ring (bicyclic) bond motifs is 1. The molecule has 1 spiro atoms. The quantitative estimate of drug-likeness (QED) is 0.507. The first kappa shape index (κ1) is 22.1. The fourth-order valence-electron chi connectivity index (χ4n) is 6.26. The van der Waals surface area contributed by atoms with E-state index in [0.717, 1.165) is 43.8 Å². The molecule has 3 aromatic rings. The first-order valence-corrected chi connectivity index (χ1v) is 12.7. The number of furan rings is 1. The van der Waals surface area contributed by atoms with Crippen molar-refractivity contribution in [2.24, 2.45) is 0 Å². The van der Waals surface area contributed by atoms with Gasteiger partial charge in [0.2, 0.25) is 0 Å². The second-order valence-electron chi connectivity index (χ2n) is 10.0. The fourth-order valence-corrected chi connectivity index (χ4v) is 6.26. The SMILES string of the molecule is CCN1C(=O)N(C2Cc3ccccc3C2)C(=O)C12CCN(Cc1ccc(-c3ccco3)cc1)CC2. The van der Waals surface area contributed by atoms with Crippen molar-refractivity contribution in [3.05, 3.63) is 83.6 Å². The molecular weight excluding hydrogens is 438 g/mol. The number of rotatable bonds is 5. The lowest BCUT2D eigenvalue weighted by molar-refractivity contribution is -0.137. The van der Waals surface area contributed by atoms with Gasteiger partial charge in [-0.05, 0) is 61.4 Å². The molecule has 2 saturated heterocycles. The summed E-state index contributed by atoms with van der Waals surface area (Å²) < 4.78 is 5.49. The van der Waals surface area contributed by atoms with Gasteiger partial charge in [-0.25, -0.2) is 4.79 Å². The molecule has 3 heterocycles. The Morgan fingerprint density at radius 3 is 2.20 bits per heavy atom. The van der Waals surface area contributed by atoms with E-state index in [9.17, 15) is 9.59 Å². The molecule has 35 heavy (non-hydrogen) atoms. The van der Waals surface area contributed by atoms with Crippen molar-refractivity contribution in [2.45, 2.75) is 50.7 Å². The Morgan fingerprint density at radius 1 is 0.914 bits per heavy atom. The molecule has 1 aliphatic carbocycles. The molecule has 3 aliphatic rings. The number of benzene rings is 2. The summed E-state index contributed by atoms with van der Waals surface area (Å²) in [5.74, 6) is 0.889. The van der Waals surface area contributed by atoms with E-state index in [-0.39, 0.29) is 18.0 Å². The van der Waals surface area contributed by atoms with Gasteiger partial charge in [0.15, 0.2) is 0 Å². The maximum atomic E-state index is 13.9. The maximum Gasteiger partial charge on any atom is 0.327 e. The van der Waals surface area contributed by atoms with Crippen molar-refractivity contribution >= 4 is 11.9 Å². The summed E-state index contributed by atoms with van der Waals surface area (Å²) in [5, 5.41) is 0. The van der Waals surface area contributed by atoms with Crippen LogP contribution >= 0.6 is 0 Å². The summed E-state index contributed by atoms with van der Waals surface area (Å²) >= 11 is 0. The van der Waals surface area contributed by atoms with Crippen molar-refractivity contribution in [2.75, 3.05) is 19.6 Å². The van der Waals surface area contributed by atoms with Crippen LogP contribution in [0.3, 0.4) is 0 Å². The molecule has 2 aromatic carbocycles. The van der Waals surface area contributed by atoms with E-state index in [2.05, 4.69) is 41.3 Å². The Morgan fingerprint density at radius 2 is 1.60 bits per heavy atom. The molecular formula is C29H31N3O3. The highest BCUT2D eigenvalue weighted by atomic mass is 16.3. The lowest BCUT2D eigenvalue weighted by Crippen LogP contribution is -2.56. The van der Waals surface area contributed by atoms with Gasteiger partial charge in [-0.1, -0.05) is 48.5 Å². The van der Waals surface area contributed by atoms with Crippen LogP contribution in [0.25, 0.3) is 11.3 Å². The number of amides is 3. The zero-order chi connectivity index (χ0) is 24.0. The average molecular weight is 470 g/mol. The average Bonchev–Trinajstić information content (AvgIpc) is 3.60. The molecule has 0 bridgehead atoms. The third-order valence-corrected chi connectivity index (χ3v) is 8.13. The van der Waals surface area contributed by atoms with E-state index in [1.165, 1.54) is 16.7 Å². The number of urea groups is 1. The van der Waals surface area contributed by atoms with E-state index >= 15 is 0 Å². The van der Waals surface area contributed by atoms with Gasteiger partial charge < -0.3 is 9.32 Å². The van der Waals surface area contributed by atoms with Gasteiger partial charge >= 0.3 is 6.03 Å². The van der Waals surface area contributed by atoms with Crippen molar-refractivity contribution in [3.63, 3.8) is 0 Å². The summed E-state index contributed by atoms with van der Waals surface area (Å²) in [6.45, 7) is 4.99. The summed E-state index contributed by atoms with van der Waals surface area (Å²) in [7, 11) is 0. The van der Waals surface area contributed by atoms with Gasteiger partial charge in [0.1, 0.15) is 11.3 Å². The lowest BCUT2D eigenvalue weighted by atomic mass is 9.85. The molecule has 0 unspecified atom stereocenters. The van der Waals surface area contributed by atoms with Gasteiger partial charge in [-0.2, -0.15) is 0 Å². The van der Waals surface area contributed by atoms with Crippen LogP contribution < -0.4 is 0 Å². The molecule has 0 saturated carbocycles. The third-order valence-electron chi connectivity index (χ3n) is 8.13. The number of piperidine rings is 1. The molecule has 3 amide bonds. The Labute approximate surface area is 206 Å². The van der Waals surface area contributed by atoms with Gasteiger partial charge in [0.25, 0.3) is 5.91 Å². The molecule has 6 heteroatoms. The van der Waals surface area contributed by atoms with E-state index in [1.807, 2.05) is 36.1 Å². The molecule has 6 nitrogen and oxygen atoms in total. The highest BCUT2D eigenvalue weighted by Gasteiger charge is 2.59. The van der Waals surface area contributed by atoms with Crippen LogP contribution in [0.1, 0.15) is 36.5 Å². The molecule has 0 N–H and O–H groups in total. The number of hydrogen-bond acceptors (Lipinski definition) is 4.